The van der Waals surface area contributed by atoms with Crippen LogP contribution >= 0.6 is 0 Å². The van der Waals surface area contributed by atoms with Crippen LogP contribution in [0.25, 0.3) is 0 Å². The molecule has 1 aromatic heterocycles. The van der Waals surface area contributed by atoms with Crippen LogP contribution in [0.4, 0.5) is 5.82 Å². The summed E-state index contributed by atoms with van der Waals surface area (Å²) in [5.41, 5.74) is 11.5. The second-order valence-electron chi connectivity index (χ2n) is 3.18. The van der Waals surface area contributed by atoms with E-state index in [1.807, 2.05) is 20.0 Å². The predicted octanol–water partition coefficient (Wildman–Crippen LogP) is -1.05. The lowest BCUT2D eigenvalue weighted by molar-refractivity contribution is -0.118. The lowest BCUT2D eigenvalue weighted by Gasteiger charge is -2.07. The van der Waals surface area contributed by atoms with E-state index >= 15 is 0 Å². The molecule has 6 heteroatoms. The Hall–Kier alpha value is -1.56. The van der Waals surface area contributed by atoms with Gasteiger partial charge in [-0.15, -0.1) is 0 Å². The van der Waals surface area contributed by atoms with Gasteiger partial charge >= 0.3 is 0 Å². The number of primary amides is 1. The molecule has 0 bridgehead atoms. The molecule has 0 spiro atoms. The minimum absolute atomic E-state index is 0.297. The fourth-order valence-electron chi connectivity index (χ4n) is 0.962. The minimum atomic E-state index is -0.683. The van der Waals surface area contributed by atoms with Gasteiger partial charge in [0.2, 0.25) is 5.91 Å². The van der Waals surface area contributed by atoms with Crippen molar-refractivity contribution in [2.24, 2.45) is 18.5 Å². The summed E-state index contributed by atoms with van der Waals surface area (Å²) in [6.07, 6.45) is 0. The van der Waals surface area contributed by atoms with Gasteiger partial charge in [0.15, 0.2) is 0 Å². The zero-order valence-electron chi connectivity index (χ0n) is 8.32. The lowest BCUT2D eigenvalue weighted by atomic mass is 10.3. The van der Waals surface area contributed by atoms with Gasteiger partial charge in [0.1, 0.15) is 11.9 Å². The highest BCUT2D eigenvalue weighted by Crippen LogP contribution is 2.05. The fraction of sp³-hybridized carbons (Fsp3) is 0.500. The molecule has 1 aromatic rings. The van der Waals surface area contributed by atoms with E-state index in [1.54, 1.807) is 4.68 Å². The highest BCUT2D eigenvalue weighted by atomic mass is 16.1. The molecule has 0 saturated carbocycles. The first-order valence-corrected chi connectivity index (χ1v) is 4.30. The largest absolute Gasteiger partial charge is 0.368 e. The number of nitrogens with one attached hydrogen (secondary N) is 1. The van der Waals surface area contributed by atoms with Crippen LogP contribution in [0.2, 0.25) is 0 Å². The van der Waals surface area contributed by atoms with E-state index in [1.165, 1.54) is 0 Å². The molecule has 1 amide bonds. The molecule has 0 aliphatic carbocycles. The van der Waals surface area contributed by atoms with Crippen molar-refractivity contribution in [3.8, 4) is 0 Å². The molecule has 0 aromatic carbocycles. The average Bonchev–Trinajstić information content (AvgIpc) is 2.42. The summed E-state index contributed by atoms with van der Waals surface area (Å²) in [7, 11) is 1.84. The van der Waals surface area contributed by atoms with Crippen LogP contribution in [0, 0.1) is 6.92 Å². The van der Waals surface area contributed by atoms with Crippen LogP contribution in [0.15, 0.2) is 6.07 Å². The van der Waals surface area contributed by atoms with Crippen LogP contribution in [0.3, 0.4) is 0 Å². The predicted molar refractivity (Wildman–Crippen MR) is 53.6 cm³/mol. The first kappa shape index (κ1) is 10.5. The Kier molecular flexibility index (Phi) is 3.08. The number of anilines is 1. The molecule has 78 valence electrons. The van der Waals surface area contributed by atoms with Crippen LogP contribution in [-0.2, 0) is 11.8 Å². The monoisotopic (exact) mass is 197 g/mol. The molecular weight excluding hydrogens is 182 g/mol. The van der Waals surface area contributed by atoms with E-state index in [0.717, 1.165) is 5.69 Å². The van der Waals surface area contributed by atoms with E-state index in [4.69, 9.17) is 11.5 Å². The summed E-state index contributed by atoms with van der Waals surface area (Å²) in [6, 6.07) is 1.19. The smallest absolute Gasteiger partial charge is 0.236 e. The molecule has 6 nitrogen and oxygen atoms in total. The van der Waals surface area contributed by atoms with Crippen LogP contribution < -0.4 is 16.8 Å². The van der Waals surface area contributed by atoms with Gasteiger partial charge in [-0.2, -0.15) is 5.10 Å². The highest BCUT2D eigenvalue weighted by molar-refractivity contribution is 5.80. The molecule has 1 atom stereocenters. The van der Waals surface area contributed by atoms with Gasteiger partial charge in [-0.3, -0.25) is 9.48 Å². The normalized spacial score (nSPS) is 12.5. The Bertz CT molecular complexity index is 313. The Morgan fingerprint density at radius 3 is 2.86 bits per heavy atom. The highest BCUT2D eigenvalue weighted by Gasteiger charge is 2.09. The van der Waals surface area contributed by atoms with E-state index in [2.05, 4.69) is 10.4 Å². The molecule has 0 aliphatic heterocycles. The summed E-state index contributed by atoms with van der Waals surface area (Å²) < 4.78 is 1.73. The zero-order chi connectivity index (χ0) is 10.7. The number of nitrogens with two attached hydrogens (primary N) is 2. The maximum absolute atomic E-state index is 10.6. The van der Waals surface area contributed by atoms with Gasteiger partial charge in [0.05, 0.1) is 0 Å². The Balaban J connectivity index is 2.50. The van der Waals surface area contributed by atoms with Gasteiger partial charge < -0.3 is 16.8 Å². The first-order chi connectivity index (χ1) is 6.50. The van der Waals surface area contributed by atoms with E-state index in [0.29, 0.717) is 12.4 Å². The third-order valence-corrected chi connectivity index (χ3v) is 1.98. The molecule has 1 unspecified atom stereocenters. The number of aromatic nitrogens is 2. The Morgan fingerprint density at radius 2 is 2.43 bits per heavy atom. The molecule has 1 heterocycles. The van der Waals surface area contributed by atoms with Crippen molar-refractivity contribution in [2.75, 3.05) is 11.9 Å². The third kappa shape index (κ3) is 2.46. The fourth-order valence-corrected chi connectivity index (χ4v) is 0.962. The van der Waals surface area contributed by atoms with E-state index < -0.39 is 11.9 Å². The number of carbonyl (C=O) groups excluding carboxylic acids is 1. The minimum Gasteiger partial charge on any atom is -0.368 e. The van der Waals surface area contributed by atoms with Crippen molar-refractivity contribution >= 4 is 11.7 Å². The summed E-state index contributed by atoms with van der Waals surface area (Å²) in [5.74, 6) is 0.173. The summed E-state index contributed by atoms with van der Waals surface area (Å²) in [6.45, 7) is 2.23. The van der Waals surface area contributed by atoms with Crippen molar-refractivity contribution in [2.45, 2.75) is 13.0 Å². The van der Waals surface area contributed by atoms with Crippen LogP contribution in [-0.4, -0.2) is 28.3 Å². The number of carbonyl (C=O) groups is 1. The van der Waals surface area contributed by atoms with Crippen molar-refractivity contribution < 1.29 is 4.79 Å². The van der Waals surface area contributed by atoms with Gasteiger partial charge in [-0.25, -0.2) is 0 Å². The molecule has 0 saturated heterocycles. The number of hydrogen-bond acceptors (Lipinski definition) is 4. The summed E-state index contributed by atoms with van der Waals surface area (Å²) in [5, 5.41) is 7.07. The third-order valence-electron chi connectivity index (χ3n) is 1.98. The molecule has 1 rings (SSSR count). The summed E-state index contributed by atoms with van der Waals surface area (Å²) in [4.78, 5) is 10.6. The number of amides is 1. The van der Waals surface area contributed by atoms with Gasteiger partial charge in [0.25, 0.3) is 0 Å². The number of rotatable bonds is 4. The maximum Gasteiger partial charge on any atom is 0.236 e. The van der Waals surface area contributed by atoms with Crippen LogP contribution in [0.1, 0.15) is 5.69 Å². The number of aryl methyl sites for hydroxylation is 2. The number of hydrogen-bond donors (Lipinski definition) is 3. The standard InChI is InChI=1S/C8H15N5O/c1-5-3-7(12-13(5)2)11-4-6(9)8(10)14/h3,6H,4,9H2,1-2H3,(H2,10,14)(H,11,12). The molecule has 5 N–H and O–H groups in total. The van der Waals surface area contributed by atoms with E-state index in [-0.39, 0.29) is 0 Å². The van der Waals surface area contributed by atoms with Gasteiger partial charge in [-0.05, 0) is 6.92 Å². The van der Waals surface area contributed by atoms with Crippen molar-refractivity contribution in [3.63, 3.8) is 0 Å². The van der Waals surface area contributed by atoms with Gasteiger partial charge in [-0.1, -0.05) is 0 Å². The zero-order valence-corrected chi connectivity index (χ0v) is 8.32. The molecular formula is C8H15N5O. The van der Waals surface area contributed by atoms with Crippen LogP contribution in [0.5, 0.6) is 0 Å². The van der Waals surface area contributed by atoms with Gasteiger partial charge in [0, 0.05) is 25.4 Å². The quantitative estimate of drug-likeness (QED) is 0.573. The summed E-state index contributed by atoms with van der Waals surface area (Å²) >= 11 is 0. The average molecular weight is 197 g/mol. The molecule has 0 fully saturated rings. The Morgan fingerprint density at radius 1 is 1.79 bits per heavy atom. The second-order valence-corrected chi connectivity index (χ2v) is 3.18. The van der Waals surface area contributed by atoms with Crippen molar-refractivity contribution in [3.05, 3.63) is 11.8 Å². The molecule has 14 heavy (non-hydrogen) atoms. The Labute approximate surface area is 82.3 Å². The van der Waals surface area contributed by atoms with E-state index in [9.17, 15) is 4.79 Å². The second kappa shape index (κ2) is 4.10. The maximum atomic E-state index is 10.6. The van der Waals surface area contributed by atoms with Crippen molar-refractivity contribution in [1.29, 1.82) is 0 Å². The molecule has 0 aliphatic rings. The number of nitrogens with zero attached hydrogens (tertiary/aromatic N) is 2. The topological polar surface area (TPSA) is 99.0 Å². The lowest BCUT2D eigenvalue weighted by Crippen LogP contribution is -2.41. The van der Waals surface area contributed by atoms with Crippen molar-refractivity contribution in [1.82, 2.24) is 9.78 Å². The SMILES string of the molecule is Cc1cc(NCC(N)C(N)=O)nn1C. The first-order valence-electron chi connectivity index (χ1n) is 4.30. The molecule has 0 radical (unpaired) electrons.